The van der Waals surface area contributed by atoms with Crippen molar-refractivity contribution in [2.24, 2.45) is 5.92 Å². The first-order valence-corrected chi connectivity index (χ1v) is 10.3. The summed E-state index contributed by atoms with van der Waals surface area (Å²) in [7, 11) is 0. The van der Waals surface area contributed by atoms with Gasteiger partial charge in [0.2, 0.25) is 11.8 Å². The van der Waals surface area contributed by atoms with E-state index in [0.29, 0.717) is 30.0 Å². The molecule has 2 N–H and O–H groups in total. The molecule has 0 amide bonds. The Labute approximate surface area is 157 Å². The van der Waals surface area contributed by atoms with Crippen molar-refractivity contribution in [3.05, 3.63) is 30.6 Å². The number of H-pyrrole nitrogens is 1. The van der Waals surface area contributed by atoms with E-state index in [0.717, 1.165) is 11.2 Å². The Morgan fingerprint density at radius 1 is 1.23 bits per heavy atom. The minimum Gasteiger partial charge on any atom is -0.476 e. The molecule has 2 aromatic heterocycles. The van der Waals surface area contributed by atoms with E-state index in [4.69, 9.17) is 4.74 Å². The van der Waals surface area contributed by atoms with Gasteiger partial charge in [-0.15, -0.1) is 11.8 Å². The van der Waals surface area contributed by atoms with Crippen LogP contribution in [0.3, 0.4) is 0 Å². The molecule has 4 rings (SSSR count). The van der Waals surface area contributed by atoms with E-state index in [-0.39, 0.29) is 0 Å². The highest BCUT2D eigenvalue weighted by Crippen LogP contribution is 2.28. The molecule has 0 atom stereocenters. The molecular weight excluding hydrogens is 346 g/mol. The Morgan fingerprint density at radius 3 is 2.96 bits per heavy atom. The third kappa shape index (κ3) is 3.93. The molecule has 1 saturated carbocycles. The number of rotatable bonds is 6. The second-order valence-corrected chi connectivity index (χ2v) is 7.51. The summed E-state index contributed by atoms with van der Waals surface area (Å²) in [5.74, 6) is 1.69. The number of aromatic nitrogens is 4. The van der Waals surface area contributed by atoms with Crippen LogP contribution in [0.25, 0.3) is 11.2 Å². The molecular formula is C19H23N5OS. The molecule has 0 aliphatic heterocycles. The zero-order valence-electron chi connectivity index (χ0n) is 14.9. The summed E-state index contributed by atoms with van der Waals surface area (Å²) < 4.78 is 6.07. The Kier molecular flexibility index (Phi) is 5.24. The summed E-state index contributed by atoms with van der Waals surface area (Å²) >= 11 is 1.70. The van der Waals surface area contributed by atoms with Gasteiger partial charge >= 0.3 is 0 Å². The predicted molar refractivity (Wildman–Crippen MR) is 105 cm³/mol. The van der Waals surface area contributed by atoms with Gasteiger partial charge in [0, 0.05) is 10.6 Å². The lowest BCUT2D eigenvalue weighted by atomic mass is 9.90. The first-order valence-electron chi connectivity index (χ1n) is 9.07. The van der Waals surface area contributed by atoms with Gasteiger partial charge in [0.1, 0.15) is 5.52 Å². The van der Waals surface area contributed by atoms with Crippen LogP contribution in [0.2, 0.25) is 0 Å². The summed E-state index contributed by atoms with van der Waals surface area (Å²) in [6.45, 7) is 0.701. The van der Waals surface area contributed by atoms with Crippen LogP contribution in [-0.4, -0.2) is 32.8 Å². The van der Waals surface area contributed by atoms with Crippen LogP contribution in [0.5, 0.6) is 5.88 Å². The SMILES string of the molecule is CSc1cccc(Nc2nc(OCC3CCCCC3)c3[nH]cnc3n2)c1. The Balaban J connectivity index is 1.55. The average molecular weight is 369 g/mol. The van der Waals surface area contributed by atoms with Crippen molar-refractivity contribution >= 4 is 34.6 Å². The van der Waals surface area contributed by atoms with Crippen LogP contribution >= 0.6 is 11.8 Å². The molecule has 1 fully saturated rings. The minimum absolute atomic E-state index is 0.501. The largest absolute Gasteiger partial charge is 0.476 e. The van der Waals surface area contributed by atoms with Crippen LogP contribution in [0, 0.1) is 5.92 Å². The number of thioether (sulfide) groups is 1. The molecule has 0 unspecified atom stereocenters. The molecule has 26 heavy (non-hydrogen) atoms. The fourth-order valence-corrected chi connectivity index (χ4v) is 3.81. The number of hydrogen-bond acceptors (Lipinski definition) is 6. The number of benzene rings is 1. The van der Waals surface area contributed by atoms with Gasteiger partial charge in [0.15, 0.2) is 5.65 Å². The van der Waals surface area contributed by atoms with Gasteiger partial charge in [-0.05, 0) is 43.2 Å². The number of ether oxygens (including phenoxy) is 1. The third-order valence-corrected chi connectivity index (χ3v) is 5.48. The first kappa shape index (κ1) is 17.1. The fraction of sp³-hybridized carbons (Fsp3) is 0.421. The van der Waals surface area contributed by atoms with Gasteiger partial charge in [0.25, 0.3) is 0 Å². The average Bonchev–Trinajstić information content (AvgIpc) is 3.16. The quantitative estimate of drug-likeness (QED) is 0.609. The second kappa shape index (κ2) is 7.95. The Bertz CT molecular complexity index is 875. The van der Waals surface area contributed by atoms with Crippen molar-refractivity contribution in [2.45, 2.75) is 37.0 Å². The maximum Gasteiger partial charge on any atom is 0.245 e. The van der Waals surface area contributed by atoms with E-state index in [2.05, 4.69) is 43.6 Å². The highest BCUT2D eigenvalue weighted by molar-refractivity contribution is 7.98. The van der Waals surface area contributed by atoms with E-state index in [1.807, 2.05) is 12.1 Å². The number of imidazole rings is 1. The standard InChI is InChI=1S/C19H23N5OS/c1-26-15-9-5-8-14(10-15)22-19-23-17-16(20-12-21-17)18(24-19)25-11-13-6-3-2-4-7-13/h5,8-10,12-13H,2-4,6-7,11H2,1H3,(H2,20,21,22,23,24). The highest BCUT2D eigenvalue weighted by atomic mass is 32.2. The Morgan fingerprint density at radius 2 is 2.12 bits per heavy atom. The molecule has 1 aromatic carbocycles. The van der Waals surface area contributed by atoms with Crippen molar-refractivity contribution in [2.75, 3.05) is 18.2 Å². The maximum atomic E-state index is 6.07. The monoisotopic (exact) mass is 369 g/mol. The highest BCUT2D eigenvalue weighted by Gasteiger charge is 2.17. The zero-order chi connectivity index (χ0) is 17.8. The summed E-state index contributed by atoms with van der Waals surface area (Å²) in [6.07, 6.45) is 10.1. The summed E-state index contributed by atoms with van der Waals surface area (Å²) in [5.41, 5.74) is 2.32. The molecule has 7 heteroatoms. The third-order valence-electron chi connectivity index (χ3n) is 4.76. The molecule has 0 bridgehead atoms. The molecule has 0 spiro atoms. The lowest BCUT2D eigenvalue weighted by Crippen LogP contribution is -2.16. The van der Waals surface area contributed by atoms with Crippen LogP contribution in [0.15, 0.2) is 35.5 Å². The lowest BCUT2D eigenvalue weighted by Gasteiger charge is -2.21. The summed E-state index contributed by atoms with van der Waals surface area (Å²) in [5, 5.41) is 3.27. The van der Waals surface area contributed by atoms with Gasteiger partial charge in [-0.3, -0.25) is 0 Å². The molecule has 1 aliphatic rings. The molecule has 0 saturated heterocycles. The van der Waals surface area contributed by atoms with Crippen LogP contribution < -0.4 is 10.1 Å². The fourth-order valence-electron chi connectivity index (χ4n) is 3.35. The van der Waals surface area contributed by atoms with E-state index in [1.54, 1.807) is 18.1 Å². The van der Waals surface area contributed by atoms with Crippen molar-refractivity contribution in [3.8, 4) is 5.88 Å². The number of nitrogens with one attached hydrogen (secondary N) is 2. The maximum absolute atomic E-state index is 6.07. The van der Waals surface area contributed by atoms with Crippen LogP contribution in [0.1, 0.15) is 32.1 Å². The van der Waals surface area contributed by atoms with Crippen molar-refractivity contribution in [1.82, 2.24) is 19.9 Å². The number of anilines is 2. The van der Waals surface area contributed by atoms with E-state index in [1.165, 1.54) is 37.0 Å². The van der Waals surface area contributed by atoms with Gasteiger partial charge in [0.05, 0.1) is 12.9 Å². The molecule has 3 aromatic rings. The molecule has 136 valence electrons. The van der Waals surface area contributed by atoms with Crippen LogP contribution in [0.4, 0.5) is 11.6 Å². The van der Waals surface area contributed by atoms with E-state index < -0.39 is 0 Å². The van der Waals surface area contributed by atoms with Gasteiger partial charge in [-0.25, -0.2) is 4.98 Å². The second-order valence-electron chi connectivity index (χ2n) is 6.63. The number of nitrogens with zero attached hydrogens (tertiary/aromatic N) is 3. The Hall–Kier alpha value is -2.28. The first-order chi connectivity index (χ1) is 12.8. The number of hydrogen-bond donors (Lipinski definition) is 2. The van der Waals surface area contributed by atoms with Crippen LogP contribution in [-0.2, 0) is 0 Å². The van der Waals surface area contributed by atoms with Crippen molar-refractivity contribution in [1.29, 1.82) is 0 Å². The van der Waals surface area contributed by atoms with Crippen molar-refractivity contribution < 1.29 is 4.74 Å². The lowest BCUT2D eigenvalue weighted by molar-refractivity contribution is 0.205. The number of aromatic amines is 1. The molecule has 6 nitrogen and oxygen atoms in total. The van der Waals surface area contributed by atoms with E-state index >= 15 is 0 Å². The predicted octanol–water partition coefficient (Wildman–Crippen LogP) is 4.78. The normalized spacial score (nSPS) is 15.3. The van der Waals surface area contributed by atoms with E-state index in [9.17, 15) is 0 Å². The molecule has 2 heterocycles. The topological polar surface area (TPSA) is 75.7 Å². The van der Waals surface area contributed by atoms with Crippen molar-refractivity contribution in [3.63, 3.8) is 0 Å². The van der Waals surface area contributed by atoms with Gasteiger partial charge in [-0.2, -0.15) is 9.97 Å². The molecule has 1 aliphatic carbocycles. The minimum atomic E-state index is 0.501. The summed E-state index contributed by atoms with van der Waals surface area (Å²) in [4.78, 5) is 17.6. The molecule has 0 radical (unpaired) electrons. The van der Waals surface area contributed by atoms with Gasteiger partial charge in [-0.1, -0.05) is 25.3 Å². The van der Waals surface area contributed by atoms with Gasteiger partial charge < -0.3 is 15.0 Å². The smallest absolute Gasteiger partial charge is 0.245 e. The summed E-state index contributed by atoms with van der Waals surface area (Å²) in [6, 6.07) is 8.17. The number of fused-ring (bicyclic) bond motifs is 1. The zero-order valence-corrected chi connectivity index (χ0v) is 15.7.